The van der Waals surface area contributed by atoms with Gasteiger partial charge in [0.2, 0.25) is 17.7 Å². The molecule has 0 bridgehead atoms. The van der Waals surface area contributed by atoms with E-state index < -0.39 is 5.41 Å². The minimum atomic E-state index is -0.504. The molecular formula is C32H33N11O3S. The molecule has 1 spiro atoms. The highest BCUT2D eigenvalue weighted by atomic mass is 32.1. The number of carbonyl (C=O) groups is 2. The second kappa shape index (κ2) is 11.7. The third kappa shape index (κ3) is 5.34. The number of aromatic amines is 1. The molecule has 2 saturated heterocycles. The van der Waals surface area contributed by atoms with Gasteiger partial charge in [-0.15, -0.1) is 11.3 Å². The van der Waals surface area contributed by atoms with E-state index >= 15 is 0 Å². The molecule has 8 rings (SSSR count). The van der Waals surface area contributed by atoms with E-state index in [1.807, 2.05) is 36.3 Å². The largest absolute Gasteiger partial charge is 0.481 e. The summed E-state index contributed by atoms with van der Waals surface area (Å²) in [6.07, 6.45) is 9.49. The van der Waals surface area contributed by atoms with E-state index in [9.17, 15) is 9.59 Å². The zero-order chi connectivity index (χ0) is 32.1. The summed E-state index contributed by atoms with van der Waals surface area (Å²) in [4.78, 5) is 52.1. The molecule has 0 aliphatic carbocycles. The maximum absolute atomic E-state index is 13.9. The quantitative estimate of drug-likeness (QED) is 0.278. The molecule has 2 fully saturated rings. The van der Waals surface area contributed by atoms with E-state index in [2.05, 4.69) is 41.2 Å². The number of aryl methyl sites for hydroxylation is 1. The average molecular weight is 652 g/mol. The molecule has 0 radical (unpaired) electrons. The number of carbonyl (C=O) groups excluding carboxylic acids is 2. The van der Waals surface area contributed by atoms with Crippen LogP contribution in [0.4, 0.5) is 5.82 Å². The number of ether oxygens (including phenoxy) is 1. The van der Waals surface area contributed by atoms with Gasteiger partial charge in [-0.25, -0.2) is 19.9 Å². The molecule has 3 aliphatic heterocycles. The topological polar surface area (TPSA) is 151 Å². The van der Waals surface area contributed by atoms with Crippen LogP contribution < -0.4 is 9.64 Å². The van der Waals surface area contributed by atoms with Crippen LogP contribution in [0.1, 0.15) is 24.3 Å². The van der Waals surface area contributed by atoms with Gasteiger partial charge in [0.1, 0.15) is 28.4 Å². The highest BCUT2D eigenvalue weighted by Gasteiger charge is 2.51. The second-order valence-electron chi connectivity index (χ2n) is 12.3. The van der Waals surface area contributed by atoms with Crippen molar-refractivity contribution in [2.45, 2.75) is 19.3 Å². The summed E-state index contributed by atoms with van der Waals surface area (Å²) in [5.74, 6) is 1.96. The molecule has 1 atom stereocenters. The number of hydrogen-bond acceptors (Lipinski definition) is 11. The Balaban J connectivity index is 0.901. The number of methoxy groups -OCH3 is 1. The fourth-order valence-electron chi connectivity index (χ4n) is 6.75. The van der Waals surface area contributed by atoms with Crippen molar-refractivity contribution in [3.63, 3.8) is 0 Å². The standard InChI is InChI=1S/C32H33N11O3S/c1-40-19-35-29(39-40)23-16-34-30(47-23)20-7-11-42(12-8-20)26(44)17-41-13-9-32(18-41)10-14-43(31(32)45)24-5-4-22-28(36-24)27(38-37-22)21-3-6-25(46-2)33-15-21/h3-7,15-16,19H,8-14,17-18H2,1-2H3,(H,37,38)/t32-/m0/s1. The minimum absolute atomic E-state index is 0.0738. The Morgan fingerprint density at radius 1 is 1.09 bits per heavy atom. The molecule has 0 saturated carbocycles. The maximum atomic E-state index is 13.9. The number of nitrogens with zero attached hydrogens (tertiary/aromatic N) is 10. The monoisotopic (exact) mass is 651 g/mol. The van der Waals surface area contributed by atoms with E-state index in [0.29, 0.717) is 68.0 Å². The lowest BCUT2D eigenvalue weighted by Crippen LogP contribution is -2.43. The van der Waals surface area contributed by atoms with Crippen LogP contribution in [0.3, 0.4) is 0 Å². The number of fused-ring (bicyclic) bond motifs is 1. The van der Waals surface area contributed by atoms with Crippen molar-refractivity contribution in [3.05, 3.63) is 54.1 Å². The van der Waals surface area contributed by atoms with Crippen LogP contribution in [0.25, 0.3) is 38.6 Å². The molecule has 5 aromatic heterocycles. The summed E-state index contributed by atoms with van der Waals surface area (Å²) in [5.41, 5.74) is 3.58. The van der Waals surface area contributed by atoms with Crippen LogP contribution in [-0.2, 0) is 16.6 Å². The predicted molar refractivity (Wildman–Crippen MR) is 175 cm³/mol. The molecule has 0 unspecified atom stereocenters. The van der Waals surface area contributed by atoms with Crippen LogP contribution in [0.15, 0.2) is 49.1 Å². The lowest BCUT2D eigenvalue weighted by molar-refractivity contribution is -0.132. The van der Waals surface area contributed by atoms with Crippen molar-refractivity contribution in [1.29, 1.82) is 0 Å². The van der Waals surface area contributed by atoms with Crippen LogP contribution in [0, 0.1) is 5.41 Å². The first-order valence-corrected chi connectivity index (χ1v) is 16.4. The number of thiazole rings is 1. The van der Waals surface area contributed by atoms with Crippen molar-refractivity contribution >= 4 is 45.6 Å². The molecule has 15 heteroatoms. The second-order valence-corrected chi connectivity index (χ2v) is 13.3. The Labute approximate surface area is 274 Å². The number of nitrogens with one attached hydrogen (secondary N) is 1. The number of likely N-dealkylation sites (tertiary alicyclic amines) is 1. The Morgan fingerprint density at radius 3 is 2.74 bits per heavy atom. The first-order chi connectivity index (χ1) is 22.9. The van der Waals surface area contributed by atoms with Crippen molar-refractivity contribution in [1.82, 2.24) is 49.7 Å². The van der Waals surface area contributed by atoms with Gasteiger partial charge in [0.25, 0.3) is 0 Å². The Hall–Kier alpha value is -5.02. The first kappa shape index (κ1) is 29.4. The lowest BCUT2D eigenvalue weighted by Gasteiger charge is -2.28. The minimum Gasteiger partial charge on any atom is -0.481 e. The van der Waals surface area contributed by atoms with Crippen LogP contribution in [-0.4, -0.2) is 108 Å². The number of hydrogen-bond donors (Lipinski definition) is 1. The summed E-state index contributed by atoms with van der Waals surface area (Å²) in [5, 5.41) is 12.8. The van der Waals surface area contributed by atoms with Gasteiger partial charge in [0.15, 0.2) is 5.82 Å². The third-order valence-electron chi connectivity index (χ3n) is 9.36. The predicted octanol–water partition coefficient (Wildman–Crippen LogP) is 3.03. The lowest BCUT2D eigenvalue weighted by atomic mass is 9.85. The van der Waals surface area contributed by atoms with E-state index in [1.165, 1.54) is 0 Å². The molecule has 240 valence electrons. The summed E-state index contributed by atoms with van der Waals surface area (Å²) in [6.45, 7) is 3.38. The normalized spacial score (nSPS) is 20.1. The van der Waals surface area contributed by atoms with Crippen molar-refractivity contribution in [2.24, 2.45) is 12.5 Å². The zero-order valence-electron chi connectivity index (χ0n) is 26.1. The van der Waals surface area contributed by atoms with E-state index in [4.69, 9.17) is 9.72 Å². The number of rotatable bonds is 7. The third-order valence-corrected chi connectivity index (χ3v) is 10.4. The summed E-state index contributed by atoms with van der Waals surface area (Å²) >= 11 is 1.57. The van der Waals surface area contributed by atoms with Gasteiger partial charge in [-0.2, -0.15) is 10.2 Å². The Bertz CT molecular complexity index is 2020. The number of pyridine rings is 2. The van der Waals surface area contributed by atoms with Gasteiger partial charge < -0.3 is 9.64 Å². The van der Waals surface area contributed by atoms with Crippen molar-refractivity contribution < 1.29 is 14.3 Å². The summed E-state index contributed by atoms with van der Waals surface area (Å²) in [6, 6.07) is 7.44. The molecule has 2 amide bonds. The highest BCUT2D eigenvalue weighted by Crippen LogP contribution is 2.42. The average Bonchev–Trinajstić information content (AvgIpc) is 3.94. The molecule has 8 heterocycles. The number of anilines is 1. The van der Waals surface area contributed by atoms with Gasteiger partial charge in [-0.3, -0.25) is 29.2 Å². The maximum Gasteiger partial charge on any atom is 0.237 e. The number of amides is 2. The smallest absolute Gasteiger partial charge is 0.237 e. The summed E-state index contributed by atoms with van der Waals surface area (Å²) in [7, 11) is 3.42. The molecule has 5 aromatic rings. The van der Waals surface area contributed by atoms with Crippen molar-refractivity contribution in [3.8, 4) is 27.8 Å². The van der Waals surface area contributed by atoms with Gasteiger partial charge in [-0.05, 0) is 49.6 Å². The molecule has 0 aromatic carbocycles. The molecule has 3 aliphatic rings. The molecule has 14 nitrogen and oxygen atoms in total. The molecular weight excluding hydrogens is 618 g/mol. The van der Waals surface area contributed by atoms with Gasteiger partial charge in [0, 0.05) is 57.3 Å². The number of aromatic nitrogens is 8. The SMILES string of the molecule is COc1ccc(-c2n[nH]c3ccc(N4CC[C@]5(CCN(CC(=O)N6CC=C(c7ncc(-c8ncn(C)n8)s7)CC6)C5)C4=O)nc23)cn1. The summed E-state index contributed by atoms with van der Waals surface area (Å²) < 4.78 is 6.86. The van der Waals surface area contributed by atoms with E-state index in [0.717, 1.165) is 45.8 Å². The van der Waals surface area contributed by atoms with Crippen LogP contribution >= 0.6 is 11.3 Å². The van der Waals surface area contributed by atoms with Gasteiger partial charge in [0.05, 0.1) is 29.5 Å². The van der Waals surface area contributed by atoms with Gasteiger partial charge in [-0.1, -0.05) is 6.08 Å². The Morgan fingerprint density at radius 2 is 1.98 bits per heavy atom. The molecule has 1 N–H and O–H groups in total. The van der Waals surface area contributed by atoms with Crippen molar-refractivity contribution in [2.75, 3.05) is 51.3 Å². The highest BCUT2D eigenvalue weighted by molar-refractivity contribution is 7.16. The fraction of sp³-hybridized carbons (Fsp3) is 0.375. The van der Waals surface area contributed by atoms with E-state index in [1.54, 1.807) is 46.6 Å². The fourth-order valence-corrected chi connectivity index (χ4v) is 7.67. The van der Waals surface area contributed by atoms with Crippen LogP contribution in [0.2, 0.25) is 0 Å². The van der Waals surface area contributed by atoms with E-state index in [-0.39, 0.29) is 11.8 Å². The molecule has 47 heavy (non-hydrogen) atoms. The first-order valence-electron chi connectivity index (χ1n) is 15.6. The number of H-pyrrole nitrogens is 1. The zero-order valence-corrected chi connectivity index (χ0v) is 26.9. The van der Waals surface area contributed by atoms with Gasteiger partial charge >= 0.3 is 0 Å². The van der Waals surface area contributed by atoms with Crippen LogP contribution in [0.5, 0.6) is 5.88 Å². The Kier molecular flexibility index (Phi) is 7.28.